The molecule has 2 aromatic carbocycles. The fourth-order valence-corrected chi connectivity index (χ4v) is 5.52. The minimum absolute atomic E-state index is 0.0124. The number of amides is 2. The third-order valence-corrected chi connectivity index (χ3v) is 8.10. The smallest absolute Gasteiger partial charge is 0.251 e. The largest absolute Gasteiger partial charge is 0.494 e. The number of nitrogens with one attached hydrogen (secondary N) is 3. The van der Waals surface area contributed by atoms with Gasteiger partial charge in [-0.05, 0) is 36.6 Å². The van der Waals surface area contributed by atoms with E-state index >= 15 is 4.39 Å². The van der Waals surface area contributed by atoms with Crippen molar-refractivity contribution in [1.82, 2.24) is 29.9 Å². The van der Waals surface area contributed by atoms with Crippen LogP contribution in [0.2, 0.25) is 0 Å². The average Bonchev–Trinajstić information content (AvgIpc) is 3.52. The summed E-state index contributed by atoms with van der Waals surface area (Å²) in [5, 5.41) is 19.2. The Morgan fingerprint density at radius 3 is 2.69 bits per heavy atom. The van der Waals surface area contributed by atoms with Gasteiger partial charge in [-0.3, -0.25) is 14.0 Å². The highest BCUT2D eigenvalue weighted by Crippen LogP contribution is 2.31. The molecular weight excluding hydrogens is 584 g/mol. The lowest BCUT2D eigenvalue weighted by Gasteiger charge is -2.36. The molecule has 2 aromatic heterocycles. The number of aliphatic hydroxyl groups is 1. The number of hydrogen-bond acceptors (Lipinski definition) is 8. The average molecular weight is 622 g/mol. The van der Waals surface area contributed by atoms with Crippen molar-refractivity contribution in [3.05, 3.63) is 78.3 Å². The van der Waals surface area contributed by atoms with Gasteiger partial charge in [0.15, 0.2) is 23.0 Å². The summed E-state index contributed by atoms with van der Waals surface area (Å²) >= 11 is 0. The van der Waals surface area contributed by atoms with Crippen LogP contribution in [0.1, 0.15) is 30.1 Å². The first kappa shape index (κ1) is 31.8. The number of rotatable bonds is 12. The zero-order valence-electron chi connectivity index (χ0n) is 25.2. The molecule has 3 heterocycles. The Morgan fingerprint density at radius 1 is 1.16 bits per heavy atom. The molecular formula is C32H37F2N7O4. The number of piperazine rings is 1. The Labute approximate surface area is 259 Å². The number of nitrogens with zero attached hydrogens (tertiary/aromatic N) is 4. The lowest BCUT2D eigenvalue weighted by atomic mass is 9.95. The summed E-state index contributed by atoms with van der Waals surface area (Å²) in [7, 11) is 1.26. The van der Waals surface area contributed by atoms with Crippen molar-refractivity contribution in [2.24, 2.45) is 5.92 Å². The van der Waals surface area contributed by atoms with Gasteiger partial charge in [0, 0.05) is 55.7 Å². The van der Waals surface area contributed by atoms with E-state index in [0.29, 0.717) is 55.9 Å². The van der Waals surface area contributed by atoms with Crippen molar-refractivity contribution in [3.8, 4) is 17.0 Å². The van der Waals surface area contributed by atoms with E-state index in [0.717, 1.165) is 0 Å². The fraction of sp³-hybridized carbons (Fsp3) is 0.375. The lowest BCUT2D eigenvalue weighted by molar-refractivity contribution is -0.133. The molecule has 1 saturated heterocycles. The van der Waals surface area contributed by atoms with E-state index in [1.165, 1.54) is 31.6 Å². The molecule has 4 aromatic rings. The van der Waals surface area contributed by atoms with Crippen LogP contribution in [-0.2, 0) is 4.79 Å². The Hall–Kier alpha value is -4.62. The zero-order chi connectivity index (χ0) is 31.9. The van der Waals surface area contributed by atoms with Crippen LogP contribution < -0.4 is 20.7 Å². The summed E-state index contributed by atoms with van der Waals surface area (Å²) in [5.41, 5.74) is 1.15. The van der Waals surface area contributed by atoms with E-state index in [-0.39, 0.29) is 47.5 Å². The Kier molecular flexibility index (Phi) is 10.2. The number of fused-ring (bicyclic) bond motifs is 1. The summed E-state index contributed by atoms with van der Waals surface area (Å²) in [6.45, 7) is 3.57. The Morgan fingerprint density at radius 2 is 1.96 bits per heavy atom. The molecule has 3 atom stereocenters. The maximum atomic E-state index is 15.0. The number of carbonyl (C=O) groups excluding carboxylic acids is 2. The van der Waals surface area contributed by atoms with Gasteiger partial charge >= 0.3 is 0 Å². The normalized spacial score (nSPS) is 16.3. The molecule has 0 saturated carbocycles. The predicted molar refractivity (Wildman–Crippen MR) is 165 cm³/mol. The van der Waals surface area contributed by atoms with Gasteiger partial charge in [-0.1, -0.05) is 31.5 Å². The van der Waals surface area contributed by atoms with Gasteiger partial charge in [0.25, 0.3) is 5.91 Å². The first-order valence-corrected chi connectivity index (χ1v) is 14.9. The van der Waals surface area contributed by atoms with Gasteiger partial charge in [-0.2, -0.15) is 4.39 Å². The van der Waals surface area contributed by atoms with Crippen molar-refractivity contribution in [2.75, 3.05) is 45.2 Å². The number of methoxy groups -OCH3 is 1. The minimum atomic E-state index is -1.11. The lowest BCUT2D eigenvalue weighted by Crippen LogP contribution is -2.57. The molecule has 2 amide bonds. The number of ether oxygens (including phenoxy) is 1. The SMILES string of the molecule is CCC(CNC(=O)c1ccccc1)CC(Nc1nccn2c(-c3ccc(OC)c(F)c3F)cnc12)C(=O)N1CCN[C@H](CO)C1. The van der Waals surface area contributed by atoms with Crippen molar-refractivity contribution in [3.63, 3.8) is 0 Å². The maximum absolute atomic E-state index is 15.0. The molecule has 1 aliphatic heterocycles. The third kappa shape index (κ3) is 7.04. The first-order valence-electron chi connectivity index (χ1n) is 14.9. The summed E-state index contributed by atoms with van der Waals surface area (Å²) in [6, 6.07) is 10.7. The first-order chi connectivity index (χ1) is 21.8. The number of aromatic nitrogens is 3. The highest BCUT2D eigenvalue weighted by molar-refractivity contribution is 5.94. The summed E-state index contributed by atoms with van der Waals surface area (Å²) in [5.74, 6) is -2.55. The Bertz CT molecular complexity index is 1630. The van der Waals surface area contributed by atoms with Crippen molar-refractivity contribution < 1.29 is 28.2 Å². The van der Waals surface area contributed by atoms with Crippen LogP contribution >= 0.6 is 0 Å². The molecule has 0 aliphatic carbocycles. The highest BCUT2D eigenvalue weighted by Gasteiger charge is 2.31. The number of hydrogen-bond donors (Lipinski definition) is 4. The van der Waals surface area contributed by atoms with Gasteiger partial charge in [0.05, 0.1) is 25.6 Å². The molecule has 11 nitrogen and oxygen atoms in total. The number of halogens is 2. The van der Waals surface area contributed by atoms with Crippen LogP contribution in [0.15, 0.2) is 61.1 Å². The van der Waals surface area contributed by atoms with Crippen molar-refractivity contribution in [2.45, 2.75) is 31.8 Å². The van der Waals surface area contributed by atoms with E-state index in [1.807, 2.05) is 13.0 Å². The van der Waals surface area contributed by atoms with Gasteiger partial charge in [0.1, 0.15) is 6.04 Å². The summed E-state index contributed by atoms with van der Waals surface area (Å²) < 4.78 is 36.0. The van der Waals surface area contributed by atoms with Crippen molar-refractivity contribution in [1.29, 1.82) is 0 Å². The van der Waals surface area contributed by atoms with Crippen LogP contribution in [0.5, 0.6) is 5.75 Å². The van der Waals surface area contributed by atoms with E-state index in [9.17, 15) is 19.1 Å². The minimum Gasteiger partial charge on any atom is -0.494 e. The third-order valence-electron chi connectivity index (χ3n) is 8.10. The van der Waals surface area contributed by atoms with Crippen LogP contribution in [0.4, 0.5) is 14.6 Å². The number of imidazole rings is 1. The highest BCUT2D eigenvalue weighted by atomic mass is 19.2. The fourth-order valence-electron chi connectivity index (χ4n) is 5.52. The molecule has 4 N–H and O–H groups in total. The summed E-state index contributed by atoms with van der Waals surface area (Å²) in [6.07, 6.45) is 5.54. The molecule has 0 bridgehead atoms. The molecule has 0 spiro atoms. The van der Waals surface area contributed by atoms with E-state index in [4.69, 9.17) is 4.74 Å². The molecule has 238 valence electrons. The quantitative estimate of drug-likeness (QED) is 0.190. The second-order valence-corrected chi connectivity index (χ2v) is 11.0. The Balaban J connectivity index is 1.42. The van der Waals surface area contributed by atoms with Gasteiger partial charge < -0.3 is 30.7 Å². The molecule has 1 fully saturated rings. The molecule has 0 radical (unpaired) electrons. The number of aliphatic hydroxyl groups excluding tert-OH is 1. The zero-order valence-corrected chi connectivity index (χ0v) is 25.2. The summed E-state index contributed by atoms with van der Waals surface area (Å²) in [4.78, 5) is 37.3. The van der Waals surface area contributed by atoms with Crippen molar-refractivity contribution >= 4 is 23.3 Å². The molecule has 2 unspecified atom stereocenters. The second-order valence-electron chi connectivity index (χ2n) is 11.0. The molecule has 5 rings (SSSR count). The van der Waals surface area contributed by atoms with E-state index in [1.54, 1.807) is 39.8 Å². The molecule has 1 aliphatic rings. The monoisotopic (exact) mass is 621 g/mol. The second kappa shape index (κ2) is 14.4. The molecule has 13 heteroatoms. The number of anilines is 1. The number of carbonyl (C=O) groups is 2. The van der Waals surface area contributed by atoms with Gasteiger partial charge in [-0.15, -0.1) is 0 Å². The van der Waals surface area contributed by atoms with Crippen LogP contribution in [0.3, 0.4) is 0 Å². The predicted octanol–water partition coefficient (Wildman–Crippen LogP) is 3.10. The van der Waals surface area contributed by atoms with E-state index in [2.05, 4.69) is 25.9 Å². The van der Waals surface area contributed by atoms with Gasteiger partial charge in [-0.25, -0.2) is 14.4 Å². The molecule has 45 heavy (non-hydrogen) atoms. The van der Waals surface area contributed by atoms with E-state index < -0.39 is 17.7 Å². The van der Waals surface area contributed by atoms with Gasteiger partial charge in [0.2, 0.25) is 11.7 Å². The van der Waals surface area contributed by atoms with Crippen LogP contribution in [0, 0.1) is 17.6 Å². The standard InChI is InChI=1S/C32H37F2N7O4/c1-3-20(16-38-31(43)21-7-5-4-6-8-21)15-24(32(44)40-13-11-35-22(18-40)19-42)39-29-30-37-17-25(41(30)14-12-36-29)23-9-10-26(45-2)28(34)27(23)33/h4-10,12,14,17,20,22,24,35,42H,3,11,13,15-16,18-19H2,1-2H3,(H,36,39)(H,38,43)/t20?,22-,24?/m0/s1. The topological polar surface area (TPSA) is 133 Å². The maximum Gasteiger partial charge on any atom is 0.251 e. The van der Waals surface area contributed by atoms with Crippen LogP contribution in [-0.4, -0.2) is 88.2 Å². The van der Waals surface area contributed by atoms with Crippen LogP contribution in [0.25, 0.3) is 16.9 Å². The number of benzene rings is 2.